The molecular formula is C13H16N4O4. The number of ether oxygens (including phenoxy) is 1. The summed E-state index contributed by atoms with van der Waals surface area (Å²) in [6, 6.07) is 0. The van der Waals surface area contributed by atoms with E-state index in [9.17, 15) is 14.4 Å². The van der Waals surface area contributed by atoms with Gasteiger partial charge in [-0.05, 0) is 6.42 Å². The lowest BCUT2D eigenvalue weighted by molar-refractivity contribution is -0.120. The zero-order chi connectivity index (χ0) is 15.8. The van der Waals surface area contributed by atoms with Crippen LogP contribution in [0.25, 0.3) is 0 Å². The number of nitrogens with zero attached hydrogens (tertiary/aromatic N) is 2. The van der Waals surface area contributed by atoms with Crippen molar-refractivity contribution < 1.29 is 14.3 Å². The van der Waals surface area contributed by atoms with E-state index in [1.807, 2.05) is 0 Å². The number of rotatable bonds is 5. The largest absolute Gasteiger partial charge is 0.449 e. The van der Waals surface area contributed by atoms with Crippen molar-refractivity contribution in [2.24, 2.45) is 0 Å². The van der Waals surface area contributed by atoms with Gasteiger partial charge >= 0.3 is 11.8 Å². The number of hydrogen-bond donors (Lipinski definition) is 2. The van der Waals surface area contributed by atoms with Gasteiger partial charge in [-0.1, -0.05) is 12.8 Å². The van der Waals surface area contributed by atoms with Gasteiger partial charge in [-0.25, -0.2) is 14.2 Å². The summed E-state index contributed by atoms with van der Waals surface area (Å²) in [6.45, 7) is 2.16. The topological polar surface area (TPSA) is 116 Å². The molecule has 0 bridgehead atoms. The van der Waals surface area contributed by atoms with Gasteiger partial charge in [-0.2, -0.15) is 4.98 Å². The van der Waals surface area contributed by atoms with Crippen LogP contribution in [0.5, 0.6) is 0 Å². The van der Waals surface area contributed by atoms with Crippen LogP contribution in [0.4, 0.5) is 10.6 Å². The third kappa shape index (κ3) is 4.65. The molecule has 8 heteroatoms. The Labute approximate surface area is 121 Å². The predicted molar refractivity (Wildman–Crippen MR) is 75.5 cm³/mol. The Kier molecular flexibility index (Phi) is 5.95. The van der Waals surface area contributed by atoms with Crippen LogP contribution in [-0.4, -0.2) is 34.7 Å². The maximum atomic E-state index is 11.7. The molecule has 0 aliphatic heterocycles. The van der Waals surface area contributed by atoms with Crippen LogP contribution in [-0.2, 0) is 9.53 Å². The first-order chi connectivity index (χ1) is 9.99. The Morgan fingerprint density at radius 3 is 2.90 bits per heavy atom. The lowest BCUT2D eigenvalue weighted by Gasteiger charge is -2.07. The fraction of sp³-hybridized carbons (Fsp3) is 0.385. The van der Waals surface area contributed by atoms with Gasteiger partial charge in [-0.3, -0.25) is 4.79 Å². The number of nitrogens with two attached hydrogens (primary N) is 1. The van der Waals surface area contributed by atoms with Crippen LogP contribution in [0.1, 0.15) is 25.3 Å². The summed E-state index contributed by atoms with van der Waals surface area (Å²) < 4.78 is 5.54. The summed E-state index contributed by atoms with van der Waals surface area (Å²) in [6.07, 6.45) is 6.20. The predicted octanol–water partition coefficient (Wildman–Crippen LogP) is -0.292. The van der Waals surface area contributed by atoms with Gasteiger partial charge in [0.05, 0.1) is 12.2 Å². The lowest BCUT2D eigenvalue weighted by atomic mass is 10.3. The van der Waals surface area contributed by atoms with E-state index in [4.69, 9.17) is 16.9 Å². The number of amides is 1. The summed E-state index contributed by atoms with van der Waals surface area (Å²) in [4.78, 5) is 37.6. The maximum absolute atomic E-state index is 11.7. The first-order valence-electron chi connectivity index (χ1n) is 6.29. The van der Waals surface area contributed by atoms with Gasteiger partial charge < -0.3 is 15.8 Å². The fourth-order valence-electron chi connectivity index (χ4n) is 1.36. The average Bonchev–Trinajstić information content (AvgIpc) is 2.46. The number of carbonyl (C=O) groups is 2. The van der Waals surface area contributed by atoms with Crippen molar-refractivity contribution >= 4 is 17.8 Å². The van der Waals surface area contributed by atoms with Crippen LogP contribution in [0.2, 0.25) is 0 Å². The van der Waals surface area contributed by atoms with E-state index in [2.05, 4.69) is 16.2 Å². The number of terminal acetylenes is 1. The normalized spacial score (nSPS) is 9.71. The molecule has 0 saturated carbocycles. The molecule has 0 aliphatic carbocycles. The Bertz CT molecular complexity index is 630. The van der Waals surface area contributed by atoms with E-state index in [1.54, 1.807) is 6.92 Å². The van der Waals surface area contributed by atoms with E-state index in [0.29, 0.717) is 24.0 Å². The molecule has 0 saturated heterocycles. The van der Waals surface area contributed by atoms with Crippen molar-refractivity contribution in [2.45, 2.75) is 19.8 Å². The highest BCUT2D eigenvalue weighted by Crippen LogP contribution is 2.02. The smallest absolute Gasteiger partial charge is 0.422 e. The van der Waals surface area contributed by atoms with Crippen molar-refractivity contribution in [3.63, 3.8) is 0 Å². The SMILES string of the molecule is C#Cc1cn(C(=O)OCCCNC(=O)CC)c(=O)nc1N. The van der Waals surface area contributed by atoms with Crippen LogP contribution < -0.4 is 16.7 Å². The summed E-state index contributed by atoms with van der Waals surface area (Å²) in [5.41, 5.74) is 4.68. The van der Waals surface area contributed by atoms with Crippen LogP contribution >= 0.6 is 0 Å². The standard InChI is InChI=1S/C13H16N4O4/c1-3-9-8-17(12(19)16-11(9)14)13(20)21-7-5-6-15-10(18)4-2/h1,8H,4-7H2,2H3,(H,15,18)(H2,14,16,19). The molecule has 0 fully saturated rings. The van der Waals surface area contributed by atoms with Crippen molar-refractivity contribution in [1.82, 2.24) is 14.9 Å². The second kappa shape index (κ2) is 7.69. The maximum Gasteiger partial charge on any atom is 0.422 e. The van der Waals surface area contributed by atoms with Gasteiger partial charge in [0.25, 0.3) is 0 Å². The van der Waals surface area contributed by atoms with Gasteiger partial charge in [0.1, 0.15) is 5.82 Å². The molecule has 1 heterocycles. The minimum absolute atomic E-state index is 0.0467. The van der Waals surface area contributed by atoms with Crippen LogP contribution in [0.15, 0.2) is 11.0 Å². The van der Waals surface area contributed by atoms with Gasteiger partial charge in [0.15, 0.2) is 0 Å². The van der Waals surface area contributed by atoms with E-state index in [1.165, 1.54) is 0 Å². The minimum Gasteiger partial charge on any atom is -0.449 e. The van der Waals surface area contributed by atoms with Crippen molar-refractivity contribution in [2.75, 3.05) is 18.9 Å². The summed E-state index contributed by atoms with van der Waals surface area (Å²) in [5.74, 6) is 2.01. The molecular weight excluding hydrogens is 276 g/mol. The number of hydrogen-bond acceptors (Lipinski definition) is 6. The highest BCUT2D eigenvalue weighted by molar-refractivity contribution is 5.75. The molecule has 1 aromatic heterocycles. The van der Waals surface area contributed by atoms with Gasteiger partial charge in [0, 0.05) is 19.2 Å². The molecule has 8 nitrogen and oxygen atoms in total. The zero-order valence-electron chi connectivity index (χ0n) is 11.6. The average molecular weight is 292 g/mol. The molecule has 0 aromatic carbocycles. The van der Waals surface area contributed by atoms with Crippen molar-refractivity contribution in [1.29, 1.82) is 0 Å². The number of anilines is 1. The molecule has 0 unspecified atom stereocenters. The number of nitrogens with one attached hydrogen (secondary N) is 1. The highest BCUT2D eigenvalue weighted by atomic mass is 16.5. The quantitative estimate of drug-likeness (QED) is 0.569. The molecule has 0 spiro atoms. The lowest BCUT2D eigenvalue weighted by Crippen LogP contribution is -2.31. The first kappa shape index (κ1) is 16.2. The monoisotopic (exact) mass is 292 g/mol. The van der Waals surface area contributed by atoms with Crippen molar-refractivity contribution in [3.05, 3.63) is 22.2 Å². The molecule has 1 aromatic rings. The third-order valence-electron chi connectivity index (χ3n) is 2.50. The summed E-state index contributed by atoms with van der Waals surface area (Å²) in [5, 5.41) is 2.63. The number of carbonyl (C=O) groups excluding carboxylic acids is 2. The Hall–Kier alpha value is -2.82. The second-order valence-corrected chi connectivity index (χ2v) is 4.01. The van der Waals surface area contributed by atoms with E-state index in [0.717, 1.165) is 6.20 Å². The number of nitrogen functional groups attached to an aromatic ring is 1. The molecule has 1 amide bonds. The molecule has 1 rings (SSSR count). The zero-order valence-corrected chi connectivity index (χ0v) is 11.6. The molecule has 112 valence electrons. The Morgan fingerprint density at radius 2 is 2.29 bits per heavy atom. The van der Waals surface area contributed by atoms with Crippen molar-refractivity contribution in [3.8, 4) is 12.3 Å². The second-order valence-electron chi connectivity index (χ2n) is 4.01. The molecule has 21 heavy (non-hydrogen) atoms. The number of aromatic nitrogens is 2. The molecule has 0 radical (unpaired) electrons. The van der Waals surface area contributed by atoms with E-state index in [-0.39, 0.29) is 23.9 Å². The Morgan fingerprint density at radius 1 is 1.57 bits per heavy atom. The van der Waals surface area contributed by atoms with E-state index < -0.39 is 11.8 Å². The van der Waals surface area contributed by atoms with Gasteiger partial charge in [-0.15, -0.1) is 6.42 Å². The molecule has 3 N–H and O–H groups in total. The highest BCUT2D eigenvalue weighted by Gasteiger charge is 2.12. The molecule has 0 aliphatic rings. The van der Waals surface area contributed by atoms with Crippen LogP contribution in [0, 0.1) is 12.3 Å². The molecule has 0 atom stereocenters. The van der Waals surface area contributed by atoms with Crippen LogP contribution in [0.3, 0.4) is 0 Å². The first-order valence-corrected chi connectivity index (χ1v) is 6.29. The minimum atomic E-state index is -0.897. The van der Waals surface area contributed by atoms with E-state index >= 15 is 0 Å². The summed E-state index contributed by atoms with van der Waals surface area (Å²) >= 11 is 0. The summed E-state index contributed by atoms with van der Waals surface area (Å²) in [7, 11) is 0. The van der Waals surface area contributed by atoms with Gasteiger partial charge in [0.2, 0.25) is 5.91 Å². The Balaban J connectivity index is 2.55. The third-order valence-corrected chi connectivity index (χ3v) is 2.50. The fourth-order valence-corrected chi connectivity index (χ4v) is 1.36.